The zero-order valence-electron chi connectivity index (χ0n) is 9.33. The van der Waals surface area contributed by atoms with Gasteiger partial charge < -0.3 is 9.84 Å². The minimum absolute atomic E-state index is 0.181. The van der Waals surface area contributed by atoms with E-state index in [0.29, 0.717) is 17.1 Å². The molecule has 92 valence electrons. The van der Waals surface area contributed by atoms with Crippen LogP contribution in [0.15, 0.2) is 29.2 Å². The van der Waals surface area contributed by atoms with E-state index in [0.717, 1.165) is 0 Å². The number of aliphatic hydroxyl groups is 1. The number of carbonyl (C=O) groups is 1. The second-order valence-electron chi connectivity index (χ2n) is 3.75. The maximum absolute atomic E-state index is 11.5. The van der Waals surface area contributed by atoms with Gasteiger partial charge in [0, 0.05) is 27.6 Å². The number of hydrogen-bond acceptors (Lipinski definition) is 4. The van der Waals surface area contributed by atoms with E-state index in [1.54, 1.807) is 30.5 Å². The molecule has 6 heteroatoms. The Labute approximate surface area is 101 Å². The number of hydrogen-bond donors (Lipinski definition) is 1. The van der Waals surface area contributed by atoms with Gasteiger partial charge in [-0.1, -0.05) is 0 Å². The quantitative estimate of drug-likeness (QED) is 0.865. The van der Waals surface area contributed by atoms with E-state index in [1.807, 2.05) is 0 Å². The van der Waals surface area contributed by atoms with Crippen molar-refractivity contribution in [2.45, 2.75) is 11.0 Å². The lowest BCUT2D eigenvalue weighted by atomic mass is 10.3. The number of nitrogens with zero attached hydrogens (tertiary/aromatic N) is 1. The summed E-state index contributed by atoms with van der Waals surface area (Å²) >= 11 is 0. The second-order valence-corrected chi connectivity index (χ2v) is 5.13. The number of anilines is 1. The molecule has 0 saturated carbocycles. The first-order chi connectivity index (χ1) is 8.11. The molecule has 1 fully saturated rings. The van der Waals surface area contributed by atoms with E-state index in [4.69, 9.17) is 9.84 Å². The van der Waals surface area contributed by atoms with E-state index in [1.165, 1.54) is 4.90 Å². The molecule has 0 aliphatic carbocycles. The summed E-state index contributed by atoms with van der Waals surface area (Å²) in [4.78, 5) is 13.7. The van der Waals surface area contributed by atoms with Gasteiger partial charge in [-0.15, -0.1) is 0 Å². The summed E-state index contributed by atoms with van der Waals surface area (Å²) in [5, 5.41) is 8.92. The van der Waals surface area contributed by atoms with Gasteiger partial charge in [-0.2, -0.15) is 0 Å². The van der Waals surface area contributed by atoms with Crippen molar-refractivity contribution in [1.29, 1.82) is 0 Å². The van der Waals surface area contributed by atoms with Crippen molar-refractivity contribution < 1.29 is 18.8 Å². The van der Waals surface area contributed by atoms with Crippen molar-refractivity contribution in [1.82, 2.24) is 0 Å². The summed E-state index contributed by atoms with van der Waals surface area (Å²) in [6, 6.07) is 6.87. The van der Waals surface area contributed by atoms with Gasteiger partial charge in [-0.3, -0.25) is 9.11 Å². The number of aliphatic hydroxyl groups excluding tert-OH is 1. The topological polar surface area (TPSA) is 66.8 Å². The monoisotopic (exact) mass is 255 g/mol. The van der Waals surface area contributed by atoms with Crippen molar-refractivity contribution in [3.05, 3.63) is 24.3 Å². The zero-order valence-corrected chi connectivity index (χ0v) is 10.1. The summed E-state index contributed by atoms with van der Waals surface area (Å²) in [7, 11) is -1.03. The largest absolute Gasteiger partial charge is 0.441 e. The minimum Gasteiger partial charge on any atom is -0.441 e. The summed E-state index contributed by atoms with van der Waals surface area (Å²) in [5.74, 6) is 0. The molecule has 1 saturated heterocycles. The summed E-state index contributed by atoms with van der Waals surface area (Å²) in [6.07, 6.45) is 0.665. The lowest BCUT2D eigenvalue weighted by Crippen LogP contribution is -2.25. The molecule has 2 rings (SSSR count). The standard InChI is InChI=1S/C11H13NO4S/c1-17(15)10-4-2-8(3-5-10)12-6-9(7-13)16-11(12)14/h2-5,9,13H,6-7H2,1H3/t9-,17?/m0/s1. The highest BCUT2D eigenvalue weighted by atomic mass is 32.2. The highest BCUT2D eigenvalue weighted by Crippen LogP contribution is 2.22. The Morgan fingerprint density at radius 3 is 2.59 bits per heavy atom. The molecule has 0 bridgehead atoms. The third-order valence-corrected chi connectivity index (χ3v) is 3.49. The molecule has 1 heterocycles. The number of amides is 1. The molecule has 0 radical (unpaired) electrons. The van der Waals surface area contributed by atoms with Crippen LogP contribution in [0, 0.1) is 0 Å². The third kappa shape index (κ3) is 2.48. The summed E-state index contributed by atoms with van der Waals surface area (Å²) in [6.45, 7) is 0.156. The predicted octanol–water partition coefficient (Wildman–Crippen LogP) is 0.742. The number of ether oxygens (including phenoxy) is 1. The van der Waals surface area contributed by atoms with Gasteiger partial charge >= 0.3 is 6.09 Å². The van der Waals surface area contributed by atoms with Crippen molar-refractivity contribution in [2.75, 3.05) is 24.3 Å². The first-order valence-corrected chi connectivity index (χ1v) is 6.70. The van der Waals surface area contributed by atoms with Gasteiger partial charge in [0.2, 0.25) is 0 Å². The number of benzene rings is 1. The molecule has 5 nitrogen and oxygen atoms in total. The Kier molecular flexibility index (Phi) is 3.44. The van der Waals surface area contributed by atoms with Gasteiger partial charge in [0.25, 0.3) is 0 Å². The van der Waals surface area contributed by atoms with Crippen molar-refractivity contribution >= 4 is 22.6 Å². The molecule has 1 aliphatic rings. The molecule has 1 unspecified atom stereocenters. The Bertz CT molecular complexity index is 445. The highest BCUT2D eigenvalue weighted by Gasteiger charge is 2.31. The van der Waals surface area contributed by atoms with Crippen molar-refractivity contribution in [3.63, 3.8) is 0 Å². The Morgan fingerprint density at radius 1 is 1.47 bits per heavy atom. The minimum atomic E-state index is -1.03. The van der Waals surface area contributed by atoms with Crippen molar-refractivity contribution in [3.8, 4) is 0 Å². The second kappa shape index (κ2) is 4.85. The fraction of sp³-hybridized carbons (Fsp3) is 0.364. The number of rotatable bonds is 3. The molecule has 1 amide bonds. The fourth-order valence-electron chi connectivity index (χ4n) is 1.65. The molecular formula is C11H13NO4S. The van der Waals surface area contributed by atoms with Crippen molar-refractivity contribution in [2.24, 2.45) is 0 Å². The normalized spacial score (nSPS) is 21.4. The molecule has 2 atom stereocenters. The van der Waals surface area contributed by atoms with Crippen LogP contribution >= 0.6 is 0 Å². The van der Waals surface area contributed by atoms with E-state index in [9.17, 15) is 9.00 Å². The average molecular weight is 255 g/mol. The number of cyclic esters (lactones) is 1. The molecule has 1 N–H and O–H groups in total. The van der Waals surface area contributed by atoms with Crippen LogP contribution in [0.2, 0.25) is 0 Å². The van der Waals surface area contributed by atoms with Gasteiger partial charge in [0.1, 0.15) is 6.10 Å². The van der Waals surface area contributed by atoms with Gasteiger partial charge in [-0.25, -0.2) is 4.79 Å². The van der Waals surface area contributed by atoms with Gasteiger partial charge in [0.15, 0.2) is 0 Å². The van der Waals surface area contributed by atoms with Crippen LogP contribution in [0.3, 0.4) is 0 Å². The lowest BCUT2D eigenvalue weighted by Gasteiger charge is -2.12. The van der Waals surface area contributed by atoms with Crippen LogP contribution in [-0.4, -0.2) is 40.9 Å². The summed E-state index contributed by atoms with van der Waals surface area (Å²) in [5.41, 5.74) is 0.681. The average Bonchev–Trinajstić information content (AvgIpc) is 2.71. The zero-order chi connectivity index (χ0) is 12.4. The van der Waals surface area contributed by atoms with Crippen LogP contribution < -0.4 is 4.90 Å². The summed E-state index contributed by atoms with van der Waals surface area (Å²) < 4.78 is 16.1. The smallest absolute Gasteiger partial charge is 0.414 e. The molecule has 1 aliphatic heterocycles. The van der Waals surface area contributed by atoms with Crippen LogP contribution in [-0.2, 0) is 15.5 Å². The molecule has 17 heavy (non-hydrogen) atoms. The van der Waals surface area contributed by atoms with E-state index in [2.05, 4.69) is 0 Å². The fourth-order valence-corrected chi connectivity index (χ4v) is 2.16. The Balaban J connectivity index is 2.18. The predicted molar refractivity (Wildman–Crippen MR) is 63.5 cm³/mol. The molecular weight excluding hydrogens is 242 g/mol. The van der Waals surface area contributed by atoms with E-state index in [-0.39, 0.29) is 6.61 Å². The first-order valence-electron chi connectivity index (χ1n) is 5.14. The van der Waals surface area contributed by atoms with E-state index < -0.39 is 23.0 Å². The van der Waals surface area contributed by atoms with Gasteiger partial charge in [0.05, 0.1) is 13.2 Å². The highest BCUT2D eigenvalue weighted by molar-refractivity contribution is 7.84. The van der Waals surface area contributed by atoms with Gasteiger partial charge in [-0.05, 0) is 24.3 Å². The van der Waals surface area contributed by atoms with Crippen LogP contribution in [0.5, 0.6) is 0 Å². The van der Waals surface area contributed by atoms with E-state index >= 15 is 0 Å². The first kappa shape index (κ1) is 12.1. The third-order valence-electron chi connectivity index (χ3n) is 2.56. The molecule has 0 aromatic heterocycles. The Morgan fingerprint density at radius 2 is 2.12 bits per heavy atom. The molecule has 1 aromatic rings. The maximum atomic E-state index is 11.5. The SMILES string of the molecule is CS(=O)c1ccc(N2C[C@@H](CO)OC2=O)cc1. The van der Waals surface area contributed by atoms with Crippen LogP contribution in [0.4, 0.5) is 10.5 Å². The number of carbonyl (C=O) groups excluding carboxylic acids is 1. The molecule has 1 aromatic carbocycles. The maximum Gasteiger partial charge on any atom is 0.414 e. The lowest BCUT2D eigenvalue weighted by molar-refractivity contribution is 0.0963. The Hall–Kier alpha value is -1.40. The van der Waals surface area contributed by atoms with Crippen LogP contribution in [0.1, 0.15) is 0 Å². The molecule has 0 spiro atoms. The van der Waals surface area contributed by atoms with Crippen LogP contribution in [0.25, 0.3) is 0 Å².